The van der Waals surface area contributed by atoms with Crippen LogP contribution in [-0.4, -0.2) is 15.0 Å². The Balaban J connectivity index is 1.01. The summed E-state index contributed by atoms with van der Waals surface area (Å²) in [6.07, 6.45) is 2.37. The maximum absolute atomic E-state index is 7.38. The fraction of sp³-hybridized carbons (Fsp3) is 0.129. The predicted molar refractivity (Wildman–Crippen MR) is 276 cm³/mol. The summed E-state index contributed by atoms with van der Waals surface area (Å²) in [4.78, 5) is 19.3. The molecule has 0 amide bonds. The summed E-state index contributed by atoms with van der Waals surface area (Å²) < 4.78 is 6.70. The molecule has 0 unspecified atom stereocenters. The van der Waals surface area contributed by atoms with Gasteiger partial charge < -0.3 is 4.42 Å². The van der Waals surface area contributed by atoms with E-state index in [0.29, 0.717) is 23.2 Å². The van der Waals surface area contributed by atoms with Gasteiger partial charge in [-0.1, -0.05) is 185 Å². The number of furan rings is 1. The van der Waals surface area contributed by atoms with Gasteiger partial charge in [0.1, 0.15) is 11.2 Å². The second-order valence-electron chi connectivity index (χ2n) is 19.4. The summed E-state index contributed by atoms with van der Waals surface area (Å²) in [6.45, 7) is 16.9. The van der Waals surface area contributed by atoms with E-state index in [4.69, 9.17) is 25.9 Å². The molecule has 0 atom stereocenters. The molecule has 0 fully saturated rings. The van der Waals surface area contributed by atoms with Gasteiger partial charge in [0, 0.05) is 33.0 Å². The van der Waals surface area contributed by atoms with E-state index >= 15 is 0 Å². The van der Waals surface area contributed by atoms with E-state index in [0.717, 1.165) is 71.7 Å². The number of para-hydroxylation sites is 1. The quantitative estimate of drug-likeness (QED) is 0.123. The van der Waals surface area contributed by atoms with Gasteiger partial charge in [0.05, 0.1) is 6.57 Å². The van der Waals surface area contributed by atoms with Crippen LogP contribution in [0.15, 0.2) is 186 Å². The number of hydrogen-bond donors (Lipinski definition) is 0. The van der Waals surface area contributed by atoms with Gasteiger partial charge in [0.25, 0.3) is 0 Å². The standard InChI is InChI=1S/C62H46N4O/c1-61(2)32-33-62(3,4)55-37-45(28-31-54(55)61)40-14-18-43(19-15-40)52-35-47(36-53-50-12-8-9-13-56(50)67-57(52)53)60-65-58(44-23-16-38(17-24-44)39-26-29-48(63-5)30-27-39)64-59(66-60)46-25-22-42-21-20-41-10-6-7-11-49(41)51(42)34-46/h6-31,34-37H,32-33H2,1-4H3. The van der Waals surface area contributed by atoms with Gasteiger partial charge in [-0.05, 0) is 108 Å². The van der Waals surface area contributed by atoms with Crippen molar-refractivity contribution in [1.29, 1.82) is 0 Å². The van der Waals surface area contributed by atoms with Crippen molar-refractivity contribution in [3.8, 4) is 67.5 Å². The van der Waals surface area contributed by atoms with Gasteiger partial charge in [-0.3, -0.25) is 0 Å². The summed E-state index contributed by atoms with van der Waals surface area (Å²) in [6, 6.07) is 63.9. The van der Waals surface area contributed by atoms with Crippen LogP contribution in [0.4, 0.5) is 5.69 Å². The summed E-state index contributed by atoms with van der Waals surface area (Å²) in [5.74, 6) is 1.74. The van der Waals surface area contributed by atoms with E-state index in [1.807, 2.05) is 36.4 Å². The molecule has 11 aromatic rings. The monoisotopic (exact) mass is 862 g/mol. The van der Waals surface area contributed by atoms with Crippen LogP contribution in [0.3, 0.4) is 0 Å². The zero-order valence-corrected chi connectivity index (χ0v) is 37.9. The molecule has 2 heterocycles. The topological polar surface area (TPSA) is 56.2 Å². The zero-order chi connectivity index (χ0) is 45.4. The zero-order valence-electron chi connectivity index (χ0n) is 37.9. The molecule has 0 saturated carbocycles. The third-order valence-electron chi connectivity index (χ3n) is 14.2. The van der Waals surface area contributed by atoms with Gasteiger partial charge in [-0.2, -0.15) is 0 Å². The lowest BCUT2D eigenvalue weighted by molar-refractivity contribution is 0.332. The van der Waals surface area contributed by atoms with Gasteiger partial charge in [-0.15, -0.1) is 0 Å². The Bertz CT molecular complexity index is 3800. The fourth-order valence-electron chi connectivity index (χ4n) is 10.2. The first kappa shape index (κ1) is 40.3. The Morgan fingerprint density at radius 3 is 1.64 bits per heavy atom. The third-order valence-corrected chi connectivity index (χ3v) is 14.2. The predicted octanol–water partition coefficient (Wildman–Crippen LogP) is 17.0. The average molecular weight is 863 g/mol. The van der Waals surface area contributed by atoms with Crippen molar-refractivity contribution in [2.45, 2.75) is 51.4 Å². The van der Waals surface area contributed by atoms with Gasteiger partial charge >= 0.3 is 0 Å². The molecule has 0 saturated heterocycles. The van der Waals surface area contributed by atoms with Crippen molar-refractivity contribution in [3.05, 3.63) is 205 Å². The minimum Gasteiger partial charge on any atom is -0.455 e. The minimum absolute atomic E-state index is 0.127. The first-order chi connectivity index (χ1) is 32.6. The largest absolute Gasteiger partial charge is 0.455 e. The Labute approximate surface area is 390 Å². The molecule has 320 valence electrons. The number of hydrogen-bond acceptors (Lipinski definition) is 4. The highest BCUT2D eigenvalue weighted by atomic mass is 16.3. The highest BCUT2D eigenvalue weighted by Gasteiger charge is 2.37. The third kappa shape index (κ3) is 7.05. The molecule has 12 rings (SSSR count). The molecule has 5 heteroatoms. The smallest absolute Gasteiger partial charge is 0.187 e. The number of aromatic nitrogens is 3. The summed E-state index contributed by atoms with van der Waals surface area (Å²) >= 11 is 0. The van der Waals surface area contributed by atoms with Crippen LogP contribution in [0.1, 0.15) is 51.7 Å². The van der Waals surface area contributed by atoms with Gasteiger partial charge in [0.2, 0.25) is 0 Å². The Hall–Kier alpha value is -8.20. The molecule has 9 aromatic carbocycles. The number of fused-ring (bicyclic) bond motifs is 7. The molecule has 0 bridgehead atoms. The second kappa shape index (κ2) is 15.5. The second-order valence-corrected chi connectivity index (χ2v) is 19.4. The molecule has 5 nitrogen and oxygen atoms in total. The van der Waals surface area contributed by atoms with Gasteiger partial charge in [0.15, 0.2) is 23.2 Å². The molecule has 0 aliphatic heterocycles. The van der Waals surface area contributed by atoms with E-state index in [-0.39, 0.29) is 10.8 Å². The van der Waals surface area contributed by atoms with E-state index in [1.54, 1.807) is 0 Å². The highest BCUT2D eigenvalue weighted by Crippen LogP contribution is 2.47. The lowest BCUT2D eigenvalue weighted by Gasteiger charge is -2.42. The van der Waals surface area contributed by atoms with Crippen molar-refractivity contribution in [2.24, 2.45) is 0 Å². The van der Waals surface area contributed by atoms with Crippen LogP contribution < -0.4 is 0 Å². The van der Waals surface area contributed by atoms with Crippen molar-refractivity contribution < 1.29 is 4.42 Å². The first-order valence-corrected chi connectivity index (χ1v) is 23.1. The molecule has 0 radical (unpaired) electrons. The molecule has 1 aliphatic rings. The van der Waals surface area contributed by atoms with Crippen LogP contribution in [0.5, 0.6) is 0 Å². The molecule has 2 aromatic heterocycles. The summed E-state index contributed by atoms with van der Waals surface area (Å²) in [5, 5.41) is 6.71. The van der Waals surface area contributed by atoms with E-state index < -0.39 is 0 Å². The van der Waals surface area contributed by atoms with Gasteiger partial charge in [-0.25, -0.2) is 19.8 Å². The Kier molecular flexibility index (Phi) is 9.31. The minimum atomic E-state index is 0.127. The van der Waals surface area contributed by atoms with Crippen molar-refractivity contribution in [2.75, 3.05) is 0 Å². The van der Waals surface area contributed by atoms with Crippen LogP contribution in [-0.2, 0) is 10.8 Å². The van der Waals surface area contributed by atoms with Crippen molar-refractivity contribution >= 4 is 49.2 Å². The first-order valence-electron chi connectivity index (χ1n) is 23.1. The molecule has 67 heavy (non-hydrogen) atoms. The van der Waals surface area contributed by atoms with Crippen molar-refractivity contribution in [1.82, 2.24) is 15.0 Å². The molecule has 1 aliphatic carbocycles. The van der Waals surface area contributed by atoms with E-state index in [1.165, 1.54) is 45.9 Å². The van der Waals surface area contributed by atoms with E-state index in [9.17, 15) is 0 Å². The number of nitrogens with zero attached hydrogens (tertiary/aromatic N) is 4. The van der Waals surface area contributed by atoms with Crippen molar-refractivity contribution in [3.63, 3.8) is 0 Å². The SMILES string of the molecule is [C-]#[N+]c1ccc(-c2ccc(-c3nc(-c4ccc5ccc6ccccc6c5c4)nc(-c4cc(-c5ccc(-c6ccc7c(c6)C(C)(C)CCC7(C)C)cc5)c5oc6ccccc6c5c4)n3)cc2)cc1. The highest BCUT2D eigenvalue weighted by molar-refractivity contribution is 6.11. The maximum Gasteiger partial charge on any atom is 0.187 e. The summed E-state index contributed by atoms with van der Waals surface area (Å²) in [5.41, 5.74) is 14.7. The van der Waals surface area contributed by atoms with E-state index in [2.05, 4.69) is 178 Å². The Morgan fingerprint density at radius 2 is 0.925 bits per heavy atom. The lowest BCUT2D eigenvalue weighted by Crippen LogP contribution is -2.33. The van der Waals surface area contributed by atoms with Crippen LogP contribution in [0.2, 0.25) is 0 Å². The molecular formula is C62H46N4O. The maximum atomic E-state index is 7.38. The lowest BCUT2D eigenvalue weighted by atomic mass is 9.63. The number of benzene rings is 9. The normalized spacial score (nSPS) is 14.1. The average Bonchev–Trinajstić information content (AvgIpc) is 3.76. The summed E-state index contributed by atoms with van der Waals surface area (Å²) in [7, 11) is 0. The number of rotatable bonds is 6. The molecule has 0 N–H and O–H groups in total. The van der Waals surface area contributed by atoms with Crippen LogP contribution >= 0.6 is 0 Å². The Morgan fingerprint density at radius 1 is 0.418 bits per heavy atom. The fourth-order valence-corrected chi connectivity index (χ4v) is 10.2. The molecular weight excluding hydrogens is 817 g/mol. The molecule has 0 spiro atoms. The van der Waals surface area contributed by atoms with Crippen LogP contribution in [0.25, 0.3) is 116 Å². The van der Waals surface area contributed by atoms with Crippen LogP contribution in [0, 0.1) is 6.57 Å².